The number of hydrogen-bond donors (Lipinski definition) is 2. The van der Waals surface area contributed by atoms with E-state index in [-0.39, 0.29) is 5.69 Å². The van der Waals surface area contributed by atoms with E-state index in [0.29, 0.717) is 11.0 Å². The Labute approximate surface area is 153 Å². The van der Waals surface area contributed by atoms with E-state index in [9.17, 15) is 13.6 Å². The molecule has 1 aromatic heterocycles. The summed E-state index contributed by atoms with van der Waals surface area (Å²) in [5.41, 5.74) is 1.82. The second kappa shape index (κ2) is 7.65. The summed E-state index contributed by atoms with van der Waals surface area (Å²) < 4.78 is 26.8. The second-order valence-corrected chi connectivity index (χ2v) is 7.01. The van der Waals surface area contributed by atoms with Crippen LogP contribution in [0.15, 0.2) is 47.6 Å². The SMILES string of the molecule is Cc1ccc(-c2nc(SC(C)C(=O)Nc3cc(F)ccc3F)n[nH]2)cc1. The molecule has 2 aromatic carbocycles. The highest BCUT2D eigenvalue weighted by Crippen LogP contribution is 2.24. The van der Waals surface area contributed by atoms with Gasteiger partial charge in [0, 0.05) is 11.6 Å². The highest BCUT2D eigenvalue weighted by atomic mass is 32.2. The van der Waals surface area contributed by atoms with Gasteiger partial charge in [0.1, 0.15) is 11.6 Å². The zero-order valence-corrected chi connectivity index (χ0v) is 14.9. The summed E-state index contributed by atoms with van der Waals surface area (Å²) in [4.78, 5) is 16.6. The zero-order chi connectivity index (χ0) is 18.7. The van der Waals surface area contributed by atoms with Gasteiger partial charge in [-0.2, -0.15) is 0 Å². The Bertz CT molecular complexity index is 927. The maximum Gasteiger partial charge on any atom is 0.237 e. The molecule has 0 saturated heterocycles. The monoisotopic (exact) mass is 374 g/mol. The Hall–Kier alpha value is -2.74. The van der Waals surface area contributed by atoms with Gasteiger partial charge in [-0.3, -0.25) is 9.89 Å². The van der Waals surface area contributed by atoms with Crippen molar-refractivity contribution >= 4 is 23.4 Å². The number of aromatic amines is 1. The van der Waals surface area contributed by atoms with Crippen molar-refractivity contribution in [3.63, 3.8) is 0 Å². The number of hydrogen-bond acceptors (Lipinski definition) is 4. The highest BCUT2D eigenvalue weighted by Gasteiger charge is 2.19. The predicted molar refractivity (Wildman–Crippen MR) is 96.9 cm³/mol. The zero-order valence-electron chi connectivity index (χ0n) is 14.1. The molecule has 1 unspecified atom stereocenters. The summed E-state index contributed by atoms with van der Waals surface area (Å²) in [5.74, 6) is -1.20. The van der Waals surface area contributed by atoms with Crippen molar-refractivity contribution in [2.45, 2.75) is 24.3 Å². The van der Waals surface area contributed by atoms with Gasteiger partial charge < -0.3 is 5.32 Å². The Morgan fingerprint density at radius 2 is 1.92 bits per heavy atom. The van der Waals surface area contributed by atoms with E-state index in [1.54, 1.807) is 6.92 Å². The van der Waals surface area contributed by atoms with Crippen molar-refractivity contribution in [1.29, 1.82) is 0 Å². The van der Waals surface area contributed by atoms with Gasteiger partial charge in [-0.25, -0.2) is 13.8 Å². The first-order valence-corrected chi connectivity index (χ1v) is 8.72. The van der Waals surface area contributed by atoms with Crippen molar-refractivity contribution < 1.29 is 13.6 Å². The Kier molecular flexibility index (Phi) is 5.32. The lowest BCUT2D eigenvalue weighted by Gasteiger charge is -2.10. The molecule has 2 N–H and O–H groups in total. The molecule has 1 amide bonds. The molecule has 0 aliphatic rings. The fraction of sp³-hybridized carbons (Fsp3) is 0.167. The molecule has 1 heterocycles. The second-order valence-electron chi connectivity index (χ2n) is 5.71. The van der Waals surface area contributed by atoms with E-state index in [1.807, 2.05) is 31.2 Å². The summed E-state index contributed by atoms with van der Waals surface area (Å²) in [5, 5.41) is 9.09. The number of thioether (sulfide) groups is 1. The molecular weight excluding hydrogens is 358 g/mol. The Balaban J connectivity index is 1.66. The number of rotatable bonds is 5. The summed E-state index contributed by atoms with van der Waals surface area (Å²) in [6.07, 6.45) is 0. The van der Waals surface area contributed by atoms with Crippen LogP contribution in [0.5, 0.6) is 0 Å². The topological polar surface area (TPSA) is 70.7 Å². The van der Waals surface area contributed by atoms with Gasteiger partial charge in [0.2, 0.25) is 11.1 Å². The number of halogens is 2. The van der Waals surface area contributed by atoms with Crippen LogP contribution in [0.25, 0.3) is 11.4 Å². The third kappa shape index (κ3) is 4.26. The number of carbonyl (C=O) groups excluding carboxylic acids is 1. The van der Waals surface area contributed by atoms with Gasteiger partial charge in [0.05, 0.1) is 10.9 Å². The fourth-order valence-corrected chi connectivity index (χ4v) is 2.90. The fourth-order valence-electron chi connectivity index (χ4n) is 2.18. The van der Waals surface area contributed by atoms with Crippen LogP contribution in [0.2, 0.25) is 0 Å². The first-order valence-electron chi connectivity index (χ1n) is 7.84. The number of amides is 1. The van der Waals surface area contributed by atoms with E-state index in [0.717, 1.165) is 41.1 Å². The van der Waals surface area contributed by atoms with Crippen molar-refractivity contribution in [3.8, 4) is 11.4 Å². The number of H-pyrrole nitrogens is 1. The summed E-state index contributed by atoms with van der Waals surface area (Å²) in [6, 6.07) is 10.7. The van der Waals surface area contributed by atoms with Gasteiger partial charge in [-0.05, 0) is 26.0 Å². The van der Waals surface area contributed by atoms with E-state index < -0.39 is 22.8 Å². The molecule has 0 aliphatic carbocycles. The molecule has 0 bridgehead atoms. The molecule has 26 heavy (non-hydrogen) atoms. The van der Waals surface area contributed by atoms with Gasteiger partial charge >= 0.3 is 0 Å². The van der Waals surface area contributed by atoms with E-state index >= 15 is 0 Å². The van der Waals surface area contributed by atoms with Crippen LogP contribution in [0, 0.1) is 18.6 Å². The molecule has 1 atom stereocenters. The molecule has 0 fully saturated rings. The minimum atomic E-state index is -0.698. The third-order valence-electron chi connectivity index (χ3n) is 3.63. The van der Waals surface area contributed by atoms with Gasteiger partial charge in [-0.15, -0.1) is 5.10 Å². The van der Waals surface area contributed by atoms with Crippen molar-refractivity contribution in [1.82, 2.24) is 15.2 Å². The van der Waals surface area contributed by atoms with Crippen LogP contribution in [0.1, 0.15) is 12.5 Å². The molecular formula is C18H16F2N4OS. The molecule has 0 saturated carbocycles. The first-order chi connectivity index (χ1) is 12.4. The standard InChI is InChI=1S/C18H16F2N4OS/c1-10-3-5-12(6-4-10)16-22-18(24-23-16)26-11(2)17(25)21-15-9-13(19)7-8-14(15)20/h3-9,11H,1-2H3,(H,21,25)(H,22,23,24). The van der Waals surface area contributed by atoms with Crippen LogP contribution in [-0.2, 0) is 4.79 Å². The predicted octanol–water partition coefficient (Wildman–Crippen LogP) is 4.18. The molecule has 0 spiro atoms. The van der Waals surface area contributed by atoms with Crippen LogP contribution in [0.4, 0.5) is 14.5 Å². The van der Waals surface area contributed by atoms with Gasteiger partial charge in [-0.1, -0.05) is 41.6 Å². The van der Waals surface area contributed by atoms with Crippen molar-refractivity contribution in [2.75, 3.05) is 5.32 Å². The van der Waals surface area contributed by atoms with Crippen molar-refractivity contribution in [2.24, 2.45) is 0 Å². The highest BCUT2D eigenvalue weighted by molar-refractivity contribution is 8.00. The van der Waals surface area contributed by atoms with E-state index in [4.69, 9.17) is 0 Å². The van der Waals surface area contributed by atoms with Crippen LogP contribution < -0.4 is 5.32 Å². The average molecular weight is 374 g/mol. The maximum atomic E-state index is 13.6. The minimum absolute atomic E-state index is 0.196. The number of nitrogens with one attached hydrogen (secondary N) is 2. The summed E-state index contributed by atoms with van der Waals surface area (Å²) in [6.45, 7) is 3.63. The molecule has 0 radical (unpaired) electrons. The molecule has 3 aromatic rings. The number of benzene rings is 2. The Morgan fingerprint density at radius 3 is 2.65 bits per heavy atom. The van der Waals surface area contributed by atoms with Crippen LogP contribution in [-0.4, -0.2) is 26.3 Å². The smallest absolute Gasteiger partial charge is 0.237 e. The molecule has 134 valence electrons. The minimum Gasteiger partial charge on any atom is -0.323 e. The lowest BCUT2D eigenvalue weighted by atomic mass is 10.1. The lowest BCUT2D eigenvalue weighted by Crippen LogP contribution is -2.23. The van der Waals surface area contributed by atoms with Crippen LogP contribution >= 0.6 is 11.8 Å². The van der Waals surface area contributed by atoms with Crippen molar-refractivity contribution in [3.05, 3.63) is 59.7 Å². The normalized spacial score (nSPS) is 12.0. The molecule has 5 nitrogen and oxygen atoms in total. The largest absolute Gasteiger partial charge is 0.323 e. The number of aromatic nitrogens is 3. The number of carbonyl (C=O) groups is 1. The molecule has 8 heteroatoms. The quantitative estimate of drug-likeness (QED) is 0.658. The van der Waals surface area contributed by atoms with E-state index in [2.05, 4.69) is 20.5 Å². The van der Waals surface area contributed by atoms with Gasteiger partial charge in [0.25, 0.3) is 0 Å². The summed E-state index contributed by atoms with van der Waals surface area (Å²) in [7, 11) is 0. The first kappa shape index (κ1) is 18.1. The van der Waals surface area contributed by atoms with Crippen LogP contribution in [0.3, 0.4) is 0 Å². The summed E-state index contributed by atoms with van der Waals surface area (Å²) >= 11 is 1.12. The maximum absolute atomic E-state index is 13.6. The molecule has 3 rings (SSSR count). The third-order valence-corrected chi connectivity index (χ3v) is 4.59. The lowest BCUT2D eigenvalue weighted by molar-refractivity contribution is -0.115. The van der Waals surface area contributed by atoms with E-state index in [1.165, 1.54) is 0 Å². The Morgan fingerprint density at radius 1 is 1.19 bits per heavy atom. The van der Waals surface area contributed by atoms with Gasteiger partial charge in [0.15, 0.2) is 5.82 Å². The molecule has 0 aliphatic heterocycles. The average Bonchev–Trinajstić information content (AvgIpc) is 3.07. The number of aryl methyl sites for hydroxylation is 1. The number of anilines is 1. The number of nitrogens with zero attached hydrogens (tertiary/aromatic N) is 2.